The number of carbonyl (C=O) groups is 1. The number of ether oxygens (including phenoxy) is 1. The van der Waals surface area contributed by atoms with Crippen LogP contribution in [0.5, 0.6) is 0 Å². The molecule has 2 unspecified atom stereocenters. The van der Waals surface area contributed by atoms with Crippen molar-refractivity contribution in [2.45, 2.75) is 69.7 Å². The fraction of sp³-hybridized carbons (Fsp3) is 0.543. The van der Waals surface area contributed by atoms with E-state index in [4.69, 9.17) is 19.7 Å². The Balaban J connectivity index is 1.05. The average molecular weight is 658 g/mol. The van der Waals surface area contributed by atoms with Gasteiger partial charge in [-0.05, 0) is 88.1 Å². The molecule has 4 saturated heterocycles. The smallest absolute Gasteiger partial charge is 0.323 e. The Morgan fingerprint density at radius 1 is 0.771 bits per heavy atom. The van der Waals surface area contributed by atoms with Gasteiger partial charge in [-0.15, -0.1) is 0 Å². The molecule has 256 valence electrons. The number of carbonyl (C=O) groups excluding carboxylic acids is 1. The van der Waals surface area contributed by atoms with Crippen LogP contribution >= 0.6 is 0 Å². The number of hydrogen-bond donors (Lipinski definition) is 4. The third kappa shape index (κ3) is 6.77. The molecule has 2 aromatic carbocycles. The summed E-state index contributed by atoms with van der Waals surface area (Å²) in [7, 11) is 0. The highest BCUT2D eigenvalue weighted by Crippen LogP contribution is 2.36. The minimum atomic E-state index is -0.326. The van der Waals surface area contributed by atoms with Crippen LogP contribution in [0.25, 0.3) is 11.4 Å². The number of anilines is 5. The van der Waals surface area contributed by atoms with Gasteiger partial charge in [-0.1, -0.05) is 0 Å². The van der Waals surface area contributed by atoms with Gasteiger partial charge >= 0.3 is 6.03 Å². The molecule has 0 radical (unpaired) electrons. The van der Waals surface area contributed by atoms with E-state index in [2.05, 4.69) is 51.3 Å². The molecule has 4 fully saturated rings. The lowest BCUT2D eigenvalue weighted by molar-refractivity contribution is 0.0897. The van der Waals surface area contributed by atoms with Gasteiger partial charge in [0, 0.05) is 54.8 Å². The summed E-state index contributed by atoms with van der Waals surface area (Å²) in [5, 5.41) is 26.1. The van der Waals surface area contributed by atoms with Crippen molar-refractivity contribution in [2.24, 2.45) is 0 Å². The van der Waals surface area contributed by atoms with Gasteiger partial charge in [0.25, 0.3) is 0 Å². The van der Waals surface area contributed by atoms with Gasteiger partial charge in [0.1, 0.15) is 0 Å². The molecule has 7 rings (SSSR count). The van der Waals surface area contributed by atoms with E-state index in [1.54, 1.807) is 0 Å². The van der Waals surface area contributed by atoms with E-state index in [1.165, 1.54) is 0 Å². The molecule has 2 bridgehead atoms. The highest BCUT2D eigenvalue weighted by Gasteiger charge is 2.41. The molecule has 5 heterocycles. The first-order valence-electron chi connectivity index (χ1n) is 17.3. The Bertz CT molecular complexity index is 1520. The third-order valence-corrected chi connectivity index (χ3v) is 10.3. The molecule has 3 aromatic rings. The van der Waals surface area contributed by atoms with E-state index < -0.39 is 0 Å². The minimum Gasteiger partial charge on any atom is -0.394 e. The molecule has 13 nitrogen and oxygen atoms in total. The summed E-state index contributed by atoms with van der Waals surface area (Å²) in [6.07, 6.45) is 3.55. The standard InChI is InChI=1S/C35H47N9O4/c1-23(2)41-15-17-42(18-16-41)27-9-7-26(8-10-27)37-35(47)36-25-5-3-24(4-6-25)32-38-33(43-28(19-45)11-12-29(43)20-46)40-34(39-32)44-30-13-14-31(44)22-48-21-30/h3-10,23,28-31,45-46H,11-22H2,1-2H3,(H2,36,37,47)/t28-,29+,30?,31?. The number of rotatable bonds is 9. The number of nitrogens with zero attached hydrogens (tertiary/aromatic N) is 7. The largest absolute Gasteiger partial charge is 0.394 e. The van der Waals surface area contributed by atoms with Gasteiger partial charge in [0.15, 0.2) is 5.82 Å². The number of aliphatic hydroxyl groups is 2. The lowest BCUT2D eigenvalue weighted by atomic mass is 10.2. The SMILES string of the molecule is CC(C)N1CCN(c2ccc(NC(=O)Nc3ccc(-c4nc(N5C6CCC5COC6)nc(N5[C@H](CO)CC[C@@H]5CO)n4)cc3)cc2)CC1. The Labute approximate surface area is 281 Å². The molecule has 13 heteroatoms. The molecule has 48 heavy (non-hydrogen) atoms. The molecule has 1 aromatic heterocycles. The van der Waals surface area contributed by atoms with Crippen molar-refractivity contribution in [3.05, 3.63) is 48.5 Å². The average Bonchev–Trinajstić information content (AvgIpc) is 3.65. The summed E-state index contributed by atoms with van der Waals surface area (Å²) in [5.74, 6) is 1.56. The summed E-state index contributed by atoms with van der Waals surface area (Å²) in [4.78, 5) is 36.7. The topological polar surface area (TPSA) is 142 Å². The molecule has 0 saturated carbocycles. The van der Waals surface area contributed by atoms with E-state index in [1.807, 2.05) is 41.3 Å². The fourth-order valence-electron chi connectivity index (χ4n) is 7.56. The maximum Gasteiger partial charge on any atom is 0.323 e. The van der Waals surface area contributed by atoms with Crippen molar-refractivity contribution >= 4 is 35.0 Å². The monoisotopic (exact) mass is 657 g/mol. The molecule has 2 amide bonds. The van der Waals surface area contributed by atoms with Crippen molar-refractivity contribution in [2.75, 3.05) is 77.9 Å². The highest BCUT2D eigenvalue weighted by atomic mass is 16.5. The van der Waals surface area contributed by atoms with E-state index in [-0.39, 0.29) is 43.4 Å². The maximum atomic E-state index is 12.9. The number of amides is 2. The molecule has 4 atom stereocenters. The van der Waals surface area contributed by atoms with E-state index in [0.717, 1.165) is 68.8 Å². The first-order chi connectivity index (χ1) is 23.4. The lowest BCUT2D eigenvalue weighted by Gasteiger charge is -2.38. The number of benzene rings is 2. The van der Waals surface area contributed by atoms with Gasteiger partial charge in [-0.3, -0.25) is 4.90 Å². The highest BCUT2D eigenvalue weighted by molar-refractivity contribution is 6.00. The van der Waals surface area contributed by atoms with Crippen molar-refractivity contribution in [3.63, 3.8) is 0 Å². The number of hydrogen-bond acceptors (Lipinski definition) is 11. The summed E-state index contributed by atoms with van der Waals surface area (Å²) >= 11 is 0. The number of aromatic nitrogens is 3. The van der Waals surface area contributed by atoms with Crippen LogP contribution in [-0.2, 0) is 4.74 Å². The van der Waals surface area contributed by atoms with Crippen LogP contribution in [0, 0.1) is 0 Å². The number of fused-ring (bicyclic) bond motifs is 2. The van der Waals surface area contributed by atoms with Crippen molar-refractivity contribution in [1.29, 1.82) is 0 Å². The first kappa shape index (κ1) is 32.5. The number of morpholine rings is 1. The molecule has 0 spiro atoms. The second-order valence-corrected chi connectivity index (χ2v) is 13.6. The lowest BCUT2D eigenvalue weighted by Crippen LogP contribution is -2.48. The minimum absolute atomic E-state index is 0.0437. The van der Waals surface area contributed by atoms with E-state index >= 15 is 0 Å². The van der Waals surface area contributed by atoms with Crippen LogP contribution in [0.3, 0.4) is 0 Å². The second-order valence-electron chi connectivity index (χ2n) is 13.6. The van der Waals surface area contributed by atoms with Gasteiger partial charge < -0.3 is 40.3 Å². The molecule has 4 aliphatic heterocycles. The van der Waals surface area contributed by atoms with Crippen LogP contribution < -0.4 is 25.3 Å². The summed E-state index contributed by atoms with van der Waals surface area (Å²) in [6, 6.07) is 15.7. The quantitative estimate of drug-likeness (QED) is 0.269. The fourth-order valence-corrected chi connectivity index (χ4v) is 7.56. The number of nitrogens with one attached hydrogen (secondary N) is 2. The van der Waals surface area contributed by atoms with Crippen LogP contribution in [0.1, 0.15) is 39.5 Å². The van der Waals surface area contributed by atoms with Crippen LogP contribution in [0.4, 0.5) is 33.8 Å². The van der Waals surface area contributed by atoms with Gasteiger partial charge in [0.05, 0.1) is 50.6 Å². The number of piperazine rings is 1. The van der Waals surface area contributed by atoms with Crippen LogP contribution in [0.15, 0.2) is 48.5 Å². The van der Waals surface area contributed by atoms with Gasteiger partial charge in [-0.2, -0.15) is 15.0 Å². The van der Waals surface area contributed by atoms with Crippen LogP contribution in [-0.4, -0.2) is 119 Å². The third-order valence-electron chi connectivity index (χ3n) is 10.3. The second kappa shape index (κ2) is 14.2. The molecule has 4 N–H and O–H groups in total. The predicted molar refractivity (Wildman–Crippen MR) is 187 cm³/mol. The van der Waals surface area contributed by atoms with Gasteiger partial charge in [-0.25, -0.2) is 4.79 Å². The zero-order valence-corrected chi connectivity index (χ0v) is 27.8. The first-order valence-corrected chi connectivity index (χ1v) is 17.3. The van der Waals surface area contributed by atoms with Gasteiger partial charge in [0.2, 0.25) is 11.9 Å². The molecule has 4 aliphatic rings. The summed E-state index contributed by atoms with van der Waals surface area (Å²) < 4.78 is 5.81. The Kier molecular flexibility index (Phi) is 9.62. The Hall–Kier alpha value is -4.04. The van der Waals surface area contributed by atoms with Crippen molar-refractivity contribution < 1.29 is 19.7 Å². The molecular weight excluding hydrogens is 610 g/mol. The van der Waals surface area contributed by atoms with Crippen molar-refractivity contribution in [3.8, 4) is 11.4 Å². The maximum absolute atomic E-state index is 12.9. The number of urea groups is 1. The zero-order chi connectivity index (χ0) is 33.2. The Morgan fingerprint density at radius 2 is 1.31 bits per heavy atom. The summed E-state index contributed by atoms with van der Waals surface area (Å²) in [5.41, 5.74) is 3.29. The normalized spacial score (nSPS) is 24.4. The molecule has 0 aliphatic carbocycles. The predicted octanol–water partition coefficient (Wildman–Crippen LogP) is 3.40. The zero-order valence-electron chi connectivity index (χ0n) is 27.8. The van der Waals surface area contributed by atoms with E-state index in [0.29, 0.717) is 42.7 Å². The molecular formula is C35H47N9O4. The summed E-state index contributed by atoms with van der Waals surface area (Å²) in [6.45, 7) is 9.75. The number of aliphatic hydroxyl groups excluding tert-OH is 2. The van der Waals surface area contributed by atoms with Crippen LogP contribution in [0.2, 0.25) is 0 Å². The van der Waals surface area contributed by atoms with Crippen molar-refractivity contribution in [1.82, 2.24) is 19.9 Å². The Morgan fingerprint density at radius 3 is 1.85 bits per heavy atom. The van der Waals surface area contributed by atoms with E-state index in [9.17, 15) is 15.0 Å².